The van der Waals surface area contributed by atoms with Crippen molar-refractivity contribution in [1.82, 2.24) is 4.98 Å². The Kier molecular flexibility index (Phi) is 6.38. The first-order valence-corrected chi connectivity index (χ1v) is 13.8. The first-order valence-electron chi connectivity index (χ1n) is 11.4. The third kappa shape index (κ3) is 4.65. The normalized spacial score (nSPS) is 19.7. The molecule has 8 nitrogen and oxygen atoms in total. The van der Waals surface area contributed by atoms with Crippen LogP contribution in [0.25, 0.3) is 0 Å². The molecule has 1 saturated heterocycles. The molecule has 1 aliphatic carbocycles. The molecule has 1 fully saturated rings. The van der Waals surface area contributed by atoms with Gasteiger partial charge < -0.3 is 0 Å². The Bertz CT molecular complexity index is 1500. The van der Waals surface area contributed by atoms with Gasteiger partial charge in [-0.25, -0.2) is 23.4 Å². The van der Waals surface area contributed by atoms with Crippen molar-refractivity contribution >= 4 is 39.3 Å². The van der Waals surface area contributed by atoms with Crippen LogP contribution in [0.2, 0.25) is 0 Å². The number of aromatic nitrogens is 1. The summed E-state index contributed by atoms with van der Waals surface area (Å²) < 4.78 is 23.0. The Morgan fingerprint density at radius 2 is 1.78 bits per heavy atom. The van der Waals surface area contributed by atoms with Crippen molar-refractivity contribution in [1.29, 1.82) is 5.26 Å². The topological polar surface area (TPSA) is 134 Å². The van der Waals surface area contributed by atoms with Crippen LogP contribution in [0.15, 0.2) is 70.6 Å². The summed E-state index contributed by atoms with van der Waals surface area (Å²) in [7, 11) is -3.89. The molecule has 3 aromatic rings. The second kappa shape index (κ2) is 9.50. The minimum atomic E-state index is -3.89. The van der Waals surface area contributed by atoms with Gasteiger partial charge in [-0.05, 0) is 66.6 Å². The number of thioether (sulfide) groups is 1. The van der Waals surface area contributed by atoms with Gasteiger partial charge in [0, 0.05) is 12.1 Å². The van der Waals surface area contributed by atoms with Crippen LogP contribution in [-0.2, 0) is 32.5 Å². The fourth-order valence-electron chi connectivity index (χ4n) is 4.71. The zero-order valence-corrected chi connectivity index (χ0v) is 20.8. The molecule has 2 aromatic carbocycles. The van der Waals surface area contributed by atoms with Crippen molar-refractivity contribution in [2.45, 2.75) is 46.8 Å². The zero-order valence-electron chi connectivity index (χ0n) is 19.1. The van der Waals surface area contributed by atoms with E-state index in [1.807, 2.05) is 24.3 Å². The van der Waals surface area contributed by atoms with E-state index in [1.165, 1.54) is 29.8 Å². The van der Waals surface area contributed by atoms with Gasteiger partial charge in [0.05, 0.1) is 21.4 Å². The molecule has 182 valence electrons. The standard InChI is InChI=1S/C26H22N4O4S2/c27-15-19-13-18-12-17(16-4-2-1-3-5-16)6-11-22(18)29-25(19)35-23-14-24(31)30(26(23)32)20-7-9-21(10-8-20)36(28,33)34/h1-5,7-10,13,17,23H,6,11-12,14H2,(H2,28,33,34). The van der Waals surface area contributed by atoms with Crippen LogP contribution in [0.3, 0.4) is 0 Å². The van der Waals surface area contributed by atoms with Crippen LogP contribution in [0.1, 0.15) is 41.1 Å². The average Bonchev–Trinajstić information content (AvgIpc) is 3.15. The predicted octanol–water partition coefficient (Wildman–Crippen LogP) is 3.30. The number of nitrogens with zero attached hydrogens (tertiary/aromatic N) is 3. The Morgan fingerprint density at radius 3 is 2.44 bits per heavy atom. The van der Waals surface area contributed by atoms with Crippen molar-refractivity contribution in [2.75, 3.05) is 4.90 Å². The van der Waals surface area contributed by atoms with E-state index in [9.17, 15) is 23.3 Å². The van der Waals surface area contributed by atoms with E-state index in [2.05, 4.69) is 18.2 Å². The molecule has 0 spiro atoms. The van der Waals surface area contributed by atoms with Gasteiger partial charge in [0.25, 0.3) is 0 Å². The van der Waals surface area contributed by atoms with E-state index in [0.717, 1.165) is 47.2 Å². The number of hydrogen-bond acceptors (Lipinski definition) is 7. The lowest BCUT2D eigenvalue weighted by Crippen LogP contribution is -2.31. The number of anilines is 1. The number of pyridine rings is 1. The Hall–Kier alpha value is -3.52. The molecule has 2 unspecified atom stereocenters. The summed E-state index contributed by atoms with van der Waals surface area (Å²) in [6.07, 6.45) is 2.48. The number of imide groups is 1. The van der Waals surface area contributed by atoms with Gasteiger partial charge in [-0.15, -0.1) is 0 Å². The van der Waals surface area contributed by atoms with Crippen molar-refractivity contribution in [3.63, 3.8) is 0 Å². The molecule has 2 heterocycles. The monoisotopic (exact) mass is 518 g/mol. The quantitative estimate of drug-likeness (QED) is 0.512. The van der Waals surface area contributed by atoms with E-state index in [1.54, 1.807) is 0 Å². The lowest BCUT2D eigenvalue weighted by atomic mass is 9.82. The molecule has 0 saturated carbocycles. The fourth-order valence-corrected chi connectivity index (χ4v) is 6.32. The average molecular weight is 519 g/mol. The number of hydrogen-bond donors (Lipinski definition) is 1. The lowest BCUT2D eigenvalue weighted by molar-refractivity contribution is -0.121. The van der Waals surface area contributed by atoms with E-state index in [4.69, 9.17) is 10.1 Å². The molecule has 5 rings (SSSR count). The highest BCUT2D eigenvalue weighted by molar-refractivity contribution is 8.00. The largest absolute Gasteiger partial charge is 0.274 e. The highest BCUT2D eigenvalue weighted by Gasteiger charge is 2.41. The SMILES string of the molecule is N#Cc1cc2c(nc1SC1CC(=O)N(c3ccc(S(N)(=O)=O)cc3)C1=O)CCC(c1ccccc1)C2. The zero-order chi connectivity index (χ0) is 25.4. The lowest BCUT2D eigenvalue weighted by Gasteiger charge is -2.25. The van der Waals surface area contributed by atoms with Crippen LogP contribution in [0, 0.1) is 11.3 Å². The van der Waals surface area contributed by atoms with Crippen molar-refractivity contribution in [2.24, 2.45) is 5.14 Å². The highest BCUT2D eigenvalue weighted by atomic mass is 32.2. The van der Waals surface area contributed by atoms with Gasteiger partial charge in [0.1, 0.15) is 11.1 Å². The molecule has 36 heavy (non-hydrogen) atoms. The number of carbonyl (C=O) groups excluding carboxylic acids is 2. The number of carbonyl (C=O) groups is 2. The van der Waals surface area contributed by atoms with Gasteiger partial charge in [-0.2, -0.15) is 5.26 Å². The molecule has 1 aliphatic heterocycles. The summed E-state index contributed by atoms with van der Waals surface area (Å²) in [6.45, 7) is 0. The molecule has 1 aromatic heterocycles. The maximum absolute atomic E-state index is 13.1. The Labute approximate surface area is 213 Å². The number of primary sulfonamides is 1. The summed E-state index contributed by atoms with van der Waals surface area (Å²) in [5.74, 6) is -0.460. The maximum Gasteiger partial charge on any atom is 0.247 e. The van der Waals surface area contributed by atoms with E-state index < -0.39 is 27.1 Å². The number of sulfonamides is 1. The van der Waals surface area contributed by atoms with Gasteiger partial charge in [-0.3, -0.25) is 9.59 Å². The van der Waals surface area contributed by atoms with Crippen LogP contribution in [-0.4, -0.2) is 30.5 Å². The summed E-state index contributed by atoms with van der Waals surface area (Å²) in [4.78, 5) is 31.5. The van der Waals surface area contributed by atoms with Gasteiger partial charge in [-0.1, -0.05) is 42.1 Å². The molecule has 2 amide bonds. The number of amides is 2. The maximum atomic E-state index is 13.1. The van der Waals surface area contributed by atoms with Crippen molar-refractivity contribution in [3.8, 4) is 6.07 Å². The first kappa shape index (κ1) is 24.2. The second-order valence-corrected chi connectivity index (χ2v) is 11.6. The van der Waals surface area contributed by atoms with Crippen LogP contribution < -0.4 is 10.0 Å². The summed E-state index contributed by atoms with van der Waals surface area (Å²) in [6, 6.07) is 19.6. The van der Waals surface area contributed by atoms with Crippen LogP contribution >= 0.6 is 11.8 Å². The van der Waals surface area contributed by atoms with Gasteiger partial charge in [0.15, 0.2) is 0 Å². The smallest absolute Gasteiger partial charge is 0.247 e. The second-order valence-electron chi connectivity index (χ2n) is 8.83. The van der Waals surface area contributed by atoms with E-state index in [-0.39, 0.29) is 17.0 Å². The van der Waals surface area contributed by atoms with Crippen molar-refractivity contribution < 1.29 is 18.0 Å². The number of nitrogens with two attached hydrogens (primary N) is 1. The third-order valence-corrected chi connectivity index (χ3v) is 8.64. The van der Waals surface area contributed by atoms with Crippen LogP contribution in [0.5, 0.6) is 0 Å². The van der Waals surface area contributed by atoms with E-state index in [0.29, 0.717) is 16.5 Å². The number of benzene rings is 2. The van der Waals surface area contributed by atoms with Crippen molar-refractivity contribution in [3.05, 3.63) is 83.0 Å². The van der Waals surface area contributed by atoms with E-state index >= 15 is 0 Å². The molecule has 2 N–H and O–H groups in total. The molecule has 2 atom stereocenters. The molecule has 2 aliphatic rings. The van der Waals surface area contributed by atoms with Gasteiger partial charge in [0.2, 0.25) is 21.8 Å². The number of fused-ring (bicyclic) bond motifs is 1. The number of rotatable bonds is 5. The molecule has 10 heteroatoms. The third-order valence-electron chi connectivity index (χ3n) is 6.53. The Balaban J connectivity index is 1.36. The molecular formula is C26H22N4O4S2. The fraction of sp³-hybridized carbons (Fsp3) is 0.231. The van der Waals surface area contributed by atoms with Gasteiger partial charge >= 0.3 is 0 Å². The minimum absolute atomic E-state index is 0.0415. The minimum Gasteiger partial charge on any atom is -0.274 e. The molecule has 0 radical (unpaired) electrons. The van der Waals surface area contributed by atoms with Crippen LogP contribution in [0.4, 0.5) is 5.69 Å². The number of nitriles is 1. The highest BCUT2D eigenvalue weighted by Crippen LogP contribution is 2.38. The summed E-state index contributed by atoms with van der Waals surface area (Å²) in [5, 5.41) is 14.6. The molecular weight excluding hydrogens is 496 g/mol. The number of aryl methyl sites for hydroxylation is 1. The molecule has 0 bridgehead atoms. The Morgan fingerprint density at radius 1 is 1.06 bits per heavy atom. The first-order chi connectivity index (χ1) is 17.2. The summed E-state index contributed by atoms with van der Waals surface area (Å²) in [5.41, 5.74) is 3.90. The summed E-state index contributed by atoms with van der Waals surface area (Å²) >= 11 is 1.13. The predicted molar refractivity (Wildman–Crippen MR) is 135 cm³/mol.